The molecule has 5 N–H and O–H groups in total. The highest BCUT2D eigenvalue weighted by atomic mass is 16.8. The van der Waals surface area contributed by atoms with Crippen LogP contribution in [0.2, 0.25) is 0 Å². The Morgan fingerprint density at radius 3 is 1.83 bits per heavy atom. The Kier molecular flexibility index (Phi) is 15.6. The van der Waals surface area contributed by atoms with Crippen LogP contribution in [0.3, 0.4) is 0 Å². The maximum atomic E-state index is 12.7. The molecule has 0 spiro atoms. The molecule has 4 heterocycles. The second-order valence-corrected chi connectivity index (χ2v) is 21.0. The number of hydrogen-bond acceptors (Lipinski definition) is 18. The van der Waals surface area contributed by atoms with E-state index in [1.54, 1.807) is 27.9 Å². The summed E-state index contributed by atoms with van der Waals surface area (Å²) >= 11 is 0. The van der Waals surface area contributed by atoms with Crippen LogP contribution in [-0.2, 0) is 61.6 Å². The minimum Gasteiger partial charge on any atom is -0.392 e. The van der Waals surface area contributed by atoms with Crippen molar-refractivity contribution in [2.45, 2.75) is 228 Å². The van der Waals surface area contributed by atoms with E-state index in [1.165, 1.54) is 26.9 Å². The molecule has 0 aromatic carbocycles. The summed E-state index contributed by atoms with van der Waals surface area (Å²) < 4.78 is 73.1. The Morgan fingerprint density at radius 2 is 1.23 bits per heavy atom. The molecule has 4 saturated heterocycles. The van der Waals surface area contributed by atoms with Crippen molar-refractivity contribution < 1.29 is 87.2 Å². The first kappa shape index (κ1) is 51.1. The van der Waals surface area contributed by atoms with Gasteiger partial charge in [-0.25, -0.2) is 0 Å². The minimum atomic E-state index is -1.44. The SMILES string of the molecule is CO[C@@H]1[C@H](O)[C@H](O[C@H]2C(C)O[C@@H](O[C@H]3C(O)O[C@@H](O[C@H]4C(C)O[C@@H](O[C@H]5CC[C@@]6(C)C(=CC[C@@H]7[C@@H]6C[C@@H](O)[C@]6(C)[C@H](C(C)=O)CC[C@]76O)C5)C[C@H]4OC)C[C@H]3OC)C[C@H]2OC)OC(C)[C@@H]1O. The number of hydrogen-bond donors (Lipinski definition) is 5. The average molecular weight is 943 g/mol. The van der Waals surface area contributed by atoms with Gasteiger partial charge in [-0.1, -0.05) is 25.5 Å². The molecule has 0 bridgehead atoms. The summed E-state index contributed by atoms with van der Waals surface area (Å²) in [6.45, 7) is 11.2. The summed E-state index contributed by atoms with van der Waals surface area (Å²) in [6, 6.07) is 0. The van der Waals surface area contributed by atoms with E-state index >= 15 is 0 Å². The number of ether oxygens (including phenoxy) is 12. The van der Waals surface area contributed by atoms with Gasteiger partial charge in [0.05, 0.1) is 54.4 Å². The number of aliphatic hydroxyl groups is 5. The predicted molar refractivity (Wildman–Crippen MR) is 231 cm³/mol. The van der Waals surface area contributed by atoms with E-state index in [1.807, 2.05) is 13.8 Å². The summed E-state index contributed by atoms with van der Waals surface area (Å²) in [5, 5.41) is 56.7. The quantitative estimate of drug-likeness (QED) is 0.167. The fourth-order valence-corrected chi connectivity index (χ4v) is 13.7. The molecule has 8 aliphatic rings. The summed E-state index contributed by atoms with van der Waals surface area (Å²) in [6.07, 6.45) is -6.35. The number of fused-ring (bicyclic) bond motifs is 5. The molecular weight excluding hydrogens is 865 g/mol. The van der Waals surface area contributed by atoms with Gasteiger partial charge in [-0.05, 0) is 89.9 Å². The minimum absolute atomic E-state index is 0.0189. The summed E-state index contributed by atoms with van der Waals surface area (Å²) in [7, 11) is 6.10. The van der Waals surface area contributed by atoms with E-state index in [2.05, 4.69) is 13.0 Å². The highest BCUT2D eigenvalue weighted by molar-refractivity contribution is 5.80. The topological polar surface area (TPSA) is 229 Å². The summed E-state index contributed by atoms with van der Waals surface area (Å²) in [5.41, 5.74) is -0.825. The molecule has 66 heavy (non-hydrogen) atoms. The van der Waals surface area contributed by atoms with Gasteiger partial charge in [0.15, 0.2) is 31.5 Å². The lowest BCUT2D eigenvalue weighted by atomic mass is 9.45. The summed E-state index contributed by atoms with van der Waals surface area (Å²) in [4.78, 5) is 12.7. The molecule has 4 aliphatic heterocycles. The van der Waals surface area contributed by atoms with Crippen LogP contribution in [0.25, 0.3) is 0 Å². The van der Waals surface area contributed by atoms with Crippen LogP contribution < -0.4 is 0 Å². The zero-order chi connectivity index (χ0) is 47.6. The third kappa shape index (κ3) is 9.03. The third-order valence-electron chi connectivity index (χ3n) is 17.7. The Labute approximate surface area is 389 Å². The lowest BCUT2D eigenvalue weighted by Crippen LogP contribution is -2.66. The molecule has 0 aromatic rings. The molecule has 18 heteroatoms. The van der Waals surface area contributed by atoms with Crippen LogP contribution in [0.15, 0.2) is 11.6 Å². The van der Waals surface area contributed by atoms with Crippen molar-refractivity contribution in [3.63, 3.8) is 0 Å². The number of Topliss-reactive ketones (excluding diaryl/α,β-unsaturated/α-hetero) is 1. The number of aliphatic hydroxyl groups excluding tert-OH is 4. The van der Waals surface area contributed by atoms with E-state index in [9.17, 15) is 30.3 Å². The molecule has 378 valence electrons. The Hall–Kier alpha value is -1.27. The smallest absolute Gasteiger partial charge is 0.187 e. The molecule has 7 fully saturated rings. The standard InChI is InChI=1S/C48H78O18/c1-22(49)28-14-16-48(54)29-12-11-26-17-27(13-15-46(26,5)30(29)18-34(50)47(28,48)6)62-35-19-31(55-7)40(24(3)59-35)63-37-21-33(57-9)42(44(53)65-37)64-36-20-32(56-8)41(25(4)60-36)66-45-39(52)43(58-10)38(51)23(2)61-45/h11,23-25,27-45,50-54H,12-21H2,1-10H3/t23?,24?,25?,27-,28-,29+,30-,31+,32+,33+,34+,35-,36-,37+,38-,39-,40-,41-,42+,43-,44?,45-,46-,47-,48-/m0/s1. The largest absolute Gasteiger partial charge is 0.392 e. The first-order valence-corrected chi connectivity index (χ1v) is 24.3. The Bertz CT molecular complexity index is 1700. The van der Waals surface area contributed by atoms with Crippen molar-refractivity contribution in [3.8, 4) is 0 Å². The van der Waals surface area contributed by atoms with Crippen LogP contribution in [0.5, 0.6) is 0 Å². The molecule has 18 nitrogen and oxygen atoms in total. The van der Waals surface area contributed by atoms with Gasteiger partial charge < -0.3 is 82.4 Å². The third-order valence-corrected chi connectivity index (χ3v) is 17.7. The van der Waals surface area contributed by atoms with E-state index in [0.717, 1.165) is 19.3 Å². The van der Waals surface area contributed by atoms with E-state index in [0.29, 0.717) is 32.1 Å². The van der Waals surface area contributed by atoms with Gasteiger partial charge in [-0.15, -0.1) is 0 Å². The van der Waals surface area contributed by atoms with Gasteiger partial charge in [-0.2, -0.15) is 0 Å². The molecule has 4 unspecified atom stereocenters. The Morgan fingerprint density at radius 1 is 0.652 bits per heavy atom. The van der Waals surface area contributed by atoms with Crippen molar-refractivity contribution in [2.75, 3.05) is 28.4 Å². The fraction of sp³-hybridized carbons (Fsp3) is 0.938. The normalized spacial score (nSPS) is 53.0. The van der Waals surface area contributed by atoms with Gasteiger partial charge >= 0.3 is 0 Å². The fourth-order valence-electron chi connectivity index (χ4n) is 13.7. The molecule has 3 saturated carbocycles. The first-order chi connectivity index (χ1) is 31.3. The van der Waals surface area contributed by atoms with Crippen molar-refractivity contribution in [1.82, 2.24) is 0 Å². The summed E-state index contributed by atoms with van der Waals surface area (Å²) in [5.74, 6) is -0.201. The van der Waals surface area contributed by atoms with Crippen molar-refractivity contribution in [2.24, 2.45) is 28.6 Å². The molecule has 0 amide bonds. The van der Waals surface area contributed by atoms with Crippen LogP contribution in [0, 0.1) is 28.6 Å². The maximum Gasteiger partial charge on any atom is 0.187 e. The highest BCUT2D eigenvalue weighted by Gasteiger charge is 2.70. The highest BCUT2D eigenvalue weighted by Crippen LogP contribution is 2.68. The predicted octanol–water partition coefficient (Wildman–Crippen LogP) is 2.64. The van der Waals surface area contributed by atoms with Crippen LogP contribution in [0.1, 0.15) is 106 Å². The van der Waals surface area contributed by atoms with Gasteiger partial charge in [0.25, 0.3) is 0 Å². The monoisotopic (exact) mass is 943 g/mol. The molecule has 0 aromatic heterocycles. The lowest BCUT2D eigenvalue weighted by Gasteiger charge is -2.62. The van der Waals surface area contributed by atoms with Gasteiger partial charge in [-0.3, -0.25) is 4.79 Å². The van der Waals surface area contributed by atoms with Crippen molar-refractivity contribution in [3.05, 3.63) is 11.6 Å². The molecule has 0 radical (unpaired) electrons. The molecular formula is C48H78O18. The van der Waals surface area contributed by atoms with Gasteiger partial charge in [0.1, 0.15) is 42.4 Å². The lowest BCUT2D eigenvalue weighted by molar-refractivity contribution is -0.375. The van der Waals surface area contributed by atoms with Crippen LogP contribution >= 0.6 is 0 Å². The number of rotatable bonds is 13. The first-order valence-electron chi connectivity index (χ1n) is 24.3. The van der Waals surface area contributed by atoms with E-state index in [4.69, 9.17) is 56.8 Å². The van der Waals surface area contributed by atoms with Gasteiger partial charge in [0, 0.05) is 59.0 Å². The second-order valence-electron chi connectivity index (χ2n) is 21.0. The van der Waals surface area contributed by atoms with Crippen molar-refractivity contribution >= 4 is 5.78 Å². The van der Waals surface area contributed by atoms with E-state index in [-0.39, 0.29) is 47.9 Å². The van der Waals surface area contributed by atoms with E-state index < -0.39 is 122 Å². The number of methoxy groups -OCH3 is 4. The zero-order valence-electron chi connectivity index (χ0n) is 40.4. The van der Waals surface area contributed by atoms with Crippen molar-refractivity contribution in [1.29, 1.82) is 0 Å². The molecule has 25 atom stereocenters. The average Bonchev–Trinajstić information content (AvgIpc) is 3.57. The maximum absolute atomic E-state index is 12.7. The van der Waals surface area contributed by atoms with Crippen LogP contribution in [0.4, 0.5) is 0 Å². The number of allylic oxidation sites excluding steroid dienone is 1. The molecule has 8 rings (SSSR count). The number of carbonyl (C=O) groups excluding carboxylic acids is 1. The molecule has 4 aliphatic carbocycles. The number of ketones is 1. The zero-order valence-corrected chi connectivity index (χ0v) is 40.4. The Balaban J connectivity index is 0.837. The second kappa shape index (κ2) is 20.1. The number of carbonyl (C=O) groups is 1. The van der Waals surface area contributed by atoms with Gasteiger partial charge in [0.2, 0.25) is 0 Å². The van der Waals surface area contributed by atoms with Crippen LogP contribution in [-0.4, -0.2) is 182 Å².